The predicted octanol–water partition coefficient (Wildman–Crippen LogP) is 2.69. The molecule has 0 aliphatic rings. The first-order chi connectivity index (χ1) is 10.7. The van der Waals surface area contributed by atoms with E-state index in [1.165, 1.54) is 25.9 Å². The van der Waals surface area contributed by atoms with Crippen LogP contribution < -0.4 is 5.32 Å². The average Bonchev–Trinajstić information content (AvgIpc) is 2.49. The Morgan fingerprint density at radius 2 is 1.87 bits per heavy atom. The summed E-state index contributed by atoms with van der Waals surface area (Å²) in [5, 5.41) is 3.70. The van der Waals surface area contributed by atoms with Gasteiger partial charge >= 0.3 is 6.09 Å². The van der Waals surface area contributed by atoms with Crippen LogP contribution in [0.4, 0.5) is 4.79 Å². The van der Waals surface area contributed by atoms with E-state index >= 15 is 0 Å². The van der Waals surface area contributed by atoms with Crippen molar-refractivity contribution in [1.82, 2.24) is 10.4 Å². The molecule has 1 aromatic rings. The van der Waals surface area contributed by atoms with Crippen LogP contribution in [-0.4, -0.2) is 48.6 Å². The monoisotopic (exact) mass is 340 g/mol. The quantitative estimate of drug-likeness (QED) is 0.637. The van der Waals surface area contributed by atoms with E-state index in [0.717, 1.165) is 9.96 Å². The molecule has 7 heteroatoms. The third kappa shape index (κ3) is 7.38. The number of hydroxylamine groups is 2. The summed E-state index contributed by atoms with van der Waals surface area (Å²) < 4.78 is 5.21. The topological polar surface area (TPSA) is 67.9 Å². The average molecular weight is 340 g/mol. The molecule has 0 fully saturated rings. The highest BCUT2D eigenvalue weighted by molar-refractivity contribution is 7.99. The molecule has 0 heterocycles. The van der Waals surface area contributed by atoms with Gasteiger partial charge in [-0.25, -0.2) is 9.86 Å². The predicted molar refractivity (Wildman–Crippen MR) is 90.1 cm³/mol. The first-order valence-electron chi connectivity index (χ1n) is 7.22. The van der Waals surface area contributed by atoms with Crippen LogP contribution in [0.25, 0.3) is 0 Å². The number of amides is 2. The third-order valence-electron chi connectivity index (χ3n) is 2.73. The van der Waals surface area contributed by atoms with E-state index in [1.54, 1.807) is 20.8 Å². The Kier molecular flexibility index (Phi) is 7.38. The third-order valence-corrected chi connectivity index (χ3v) is 3.84. The number of hydrogen-bond acceptors (Lipinski definition) is 5. The fourth-order valence-electron chi connectivity index (χ4n) is 1.63. The standard InChI is InChI=1S/C16H24N2O4S/c1-16(2,3)22-15(20)17-13(14(19)18(4)21-5)11-23-12-9-7-6-8-10-12/h6-10,13H,11H2,1-5H3,(H,17,20)/t13-/m0/s1. The van der Waals surface area contributed by atoms with Crippen molar-refractivity contribution in [2.45, 2.75) is 37.3 Å². The number of thioether (sulfide) groups is 1. The molecular weight excluding hydrogens is 316 g/mol. The molecule has 1 aromatic carbocycles. The lowest BCUT2D eigenvalue weighted by Gasteiger charge is -2.25. The highest BCUT2D eigenvalue weighted by atomic mass is 32.2. The zero-order valence-corrected chi connectivity index (χ0v) is 15.0. The number of benzene rings is 1. The molecule has 0 aromatic heterocycles. The Labute approximate surface area is 141 Å². The van der Waals surface area contributed by atoms with Gasteiger partial charge < -0.3 is 10.1 Å². The van der Waals surface area contributed by atoms with E-state index in [4.69, 9.17) is 9.57 Å². The van der Waals surface area contributed by atoms with Crippen molar-refractivity contribution in [2.75, 3.05) is 19.9 Å². The molecule has 0 aliphatic heterocycles. The highest BCUT2D eigenvalue weighted by Crippen LogP contribution is 2.19. The molecule has 0 unspecified atom stereocenters. The highest BCUT2D eigenvalue weighted by Gasteiger charge is 2.27. The molecule has 1 rings (SSSR count). The van der Waals surface area contributed by atoms with Gasteiger partial charge in [-0.2, -0.15) is 0 Å². The number of likely N-dealkylation sites (N-methyl/N-ethyl adjacent to an activating group) is 1. The minimum absolute atomic E-state index is 0.346. The molecule has 0 radical (unpaired) electrons. The van der Waals surface area contributed by atoms with Gasteiger partial charge in [0, 0.05) is 17.7 Å². The summed E-state index contributed by atoms with van der Waals surface area (Å²) in [6.07, 6.45) is -0.631. The Bertz CT molecular complexity index is 517. The number of nitrogens with one attached hydrogen (secondary N) is 1. The van der Waals surface area contributed by atoms with Gasteiger partial charge in [0.2, 0.25) is 0 Å². The molecule has 0 saturated heterocycles. The largest absolute Gasteiger partial charge is 0.444 e. The summed E-state index contributed by atoms with van der Waals surface area (Å²) in [5.74, 6) is 0.0253. The minimum atomic E-state index is -0.750. The number of rotatable bonds is 6. The lowest BCUT2D eigenvalue weighted by molar-refractivity contribution is -0.170. The van der Waals surface area contributed by atoms with Gasteiger partial charge in [-0.1, -0.05) is 18.2 Å². The van der Waals surface area contributed by atoms with E-state index in [0.29, 0.717) is 5.75 Å². The van der Waals surface area contributed by atoms with Gasteiger partial charge in [-0.15, -0.1) is 11.8 Å². The van der Waals surface area contributed by atoms with Crippen LogP contribution in [0.1, 0.15) is 20.8 Å². The van der Waals surface area contributed by atoms with Crippen molar-refractivity contribution in [3.05, 3.63) is 30.3 Å². The smallest absolute Gasteiger partial charge is 0.408 e. The summed E-state index contributed by atoms with van der Waals surface area (Å²) in [5.41, 5.74) is -0.628. The van der Waals surface area contributed by atoms with Gasteiger partial charge in [-0.3, -0.25) is 9.63 Å². The minimum Gasteiger partial charge on any atom is -0.444 e. The van der Waals surface area contributed by atoms with Crippen LogP contribution in [0.2, 0.25) is 0 Å². The van der Waals surface area contributed by atoms with E-state index < -0.39 is 17.7 Å². The number of carbonyl (C=O) groups excluding carboxylic acids is 2. The molecule has 23 heavy (non-hydrogen) atoms. The van der Waals surface area contributed by atoms with Crippen molar-refractivity contribution < 1.29 is 19.2 Å². The summed E-state index contributed by atoms with van der Waals surface area (Å²) in [4.78, 5) is 30.2. The van der Waals surface area contributed by atoms with Crippen LogP contribution in [0.5, 0.6) is 0 Å². The Hall–Kier alpha value is -1.73. The molecule has 0 spiro atoms. The molecule has 0 bridgehead atoms. The lowest BCUT2D eigenvalue weighted by atomic mass is 10.2. The van der Waals surface area contributed by atoms with Crippen molar-refractivity contribution in [3.8, 4) is 0 Å². The van der Waals surface area contributed by atoms with Crippen molar-refractivity contribution >= 4 is 23.8 Å². The maximum absolute atomic E-state index is 12.3. The Morgan fingerprint density at radius 1 is 1.26 bits per heavy atom. The zero-order valence-electron chi connectivity index (χ0n) is 14.2. The molecule has 1 N–H and O–H groups in total. The van der Waals surface area contributed by atoms with E-state index in [-0.39, 0.29) is 5.91 Å². The fourth-order valence-corrected chi connectivity index (χ4v) is 2.56. The van der Waals surface area contributed by atoms with E-state index in [1.807, 2.05) is 30.3 Å². The molecule has 2 amide bonds. The van der Waals surface area contributed by atoms with Gasteiger partial charge in [0.1, 0.15) is 11.6 Å². The molecule has 128 valence electrons. The fraction of sp³-hybridized carbons (Fsp3) is 0.500. The van der Waals surface area contributed by atoms with Crippen molar-refractivity contribution in [1.29, 1.82) is 0 Å². The first-order valence-corrected chi connectivity index (χ1v) is 8.20. The summed E-state index contributed by atoms with van der Waals surface area (Å²) in [6, 6.07) is 8.90. The number of hydrogen-bond donors (Lipinski definition) is 1. The molecular formula is C16H24N2O4S. The van der Waals surface area contributed by atoms with Crippen molar-refractivity contribution in [2.24, 2.45) is 0 Å². The molecule has 0 saturated carbocycles. The Morgan fingerprint density at radius 3 is 2.39 bits per heavy atom. The SMILES string of the molecule is CON(C)C(=O)[C@H](CSc1ccccc1)NC(=O)OC(C)(C)C. The summed E-state index contributed by atoms with van der Waals surface area (Å²) in [6.45, 7) is 5.30. The number of alkyl carbamates (subject to hydrolysis) is 1. The van der Waals surface area contributed by atoms with Gasteiger partial charge in [0.25, 0.3) is 5.91 Å². The summed E-state index contributed by atoms with van der Waals surface area (Å²) in [7, 11) is 2.89. The normalized spacial score (nSPS) is 12.4. The van der Waals surface area contributed by atoms with Gasteiger partial charge in [0.15, 0.2) is 0 Å². The van der Waals surface area contributed by atoms with Crippen LogP contribution in [0.3, 0.4) is 0 Å². The van der Waals surface area contributed by atoms with E-state index in [2.05, 4.69) is 5.32 Å². The zero-order chi connectivity index (χ0) is 17.5. The van der Waals surface area contributed by atoms with Crippen LogP contribution >= 0.6 is 11.8 Å². The van der Waals surface area contributed by atoms with Crippen LogP contribution in [-0.2, 0) is 14.4 Å². The second-order valence-corrected chi connectivity index (χ2v) is 6.93. The lowest BCUT2D eigenvalue weighted by Crippen LogP contribution is -2.49. The van der Waals surface area contributed by atoms with E-state index in [9.17, 15) is 9.59 Å². The first kappa shape index (κ1) is 19.3. The Balaban J connectivity index is 2.72. The maximum Gasteiger partial charge on any atom is 0.408 e. The molecule has 6 nitrogen and oxygen atoms in total. The maximum atomic E-state index is 12.3. The van der Waals surface area contributed by atoms with Gasteiger partial charge in [-0.05, 0) is 32.9 Å². The number of nitrogens with zero attached hydrogens (tertiary/aromatic N) is 1. The van der Waals surface area contributed by atoms with Gasteiger partial charge in [0.05, 0.1) is 7.11 Å². The number of ether oxygens (including phenoxy) is 1. The second kappa shape index (κ2) is 8.79. The van der Waals surface area contributed by atoms with Crippen LogP contribution in [0.15, 0.2) is 35.2 Å². The van der Waals surface area contributed by atoms with Crippen LogP contribution in [0, 0.1) is 0 Å². The summed E-state index contributed by atoms with van der Waals surface area (Å²) >= 11 is 1.47. The molecule has 0 aliphatic carbocycles. The molecule has 1 atom stereocenters. The number of carbonyl (C=O) groups is 2. The second-order valence-electron chi connectivity index (χ2n) is 5.84. The van der Waals surface area contributed by atoms with Crippen molar-refractivity contribution in [3.63, 3.8) is 0 Å².